The van der Waals surface area contributed by atoms with Crippen LogP contribution in [-0.2, 0) is 0 Å². The highest BCUT2D eigenvalue weighted by atomic mass is 16.5. The van der Waals surface area contributed by atoms with Crippen LogP contribution in [0.2, 0.25) is 0 Å². The van der Waals surface area contributed by atoms with E-state index in [-0.39, 0.29) is 11.9 Å². The smallest absolute Gasteiger partial charge is 0.251 e. The van der Waals surface area contributed by atoms with Crippen LogP contribution in [0.25, 0.3) is 0 Å². The summed E-state index contributed by atoms with van der Waals surface area (Å²) in [5.41, 5.74) is 1.53. The zero-order chi connectivity index (χ0) is 18.2. The third kappa shape index (κ3) is 4.89. The number of nitrogens with one attached hydrogen (secondary N) is 1. The van der Waals surface area contributed by atoms with Crippen molar-refractivity contribution in [2.45, 2.75) is 26.3 Å². The van der Waals surface area contributed by atoms with E-state index in [1.54, 1.807) is 26.4 Å². The summed E-state index contributed by atoms with van der Waals surface area (Å²) in [4.78, 5) is 12.4. The lowest BCUT2D eigenvalue weighted by Crippen LogP contribution is -2.26. The molecule has 1 N–H and O–H groups in total. The molecule has 134 valence electrons. The summed E-state index contributed by atoms with van der Waals surface area (Å²) < 4.78 is 16.1. The molecule has 5 heteroatoms. The van der Waals surface area contributed by atoms with Gasteiger partial charge in [0.25, 0.3) is 5.91 Å². The molecule has 0 saturated carbocycles. The number of amides is 1. The summed E-state index contributed by atoms with van der Waals surface area (Å²) >= 11 is 0. The fraction of sp³-hybridized carbons (Fsp3) is 0.350. The van der Waals surface area contributed by atoms with E-state index in [1.165, 1.54) is 0 Å². The molecule has 5 nitrogen and oxygen atoms in total. The minimum atomic E-state index is -0.164. The SMILES string of the molecule is CCCOc1ccc(C(=O)N[C@@H](C)c2ccc(OC)c(OC)c2)cc1. The lowest BCUT2D eigenvalue weighted by Gasteiger charge is -2.17. The molecule has 0 spiro atoms. The van der Waals surface area contributed by atoms with Gasteiger partial charge in [0.15, 0.2) is 11.5 Å². The van der Waals surface area contributed by atoms with E-state index < -0.39 is 0 Å². The summed E-state index contributed by atoms with van der Waals surface area (Å²) in [5.74, 6) is 1.93. The number of carbonyl (C=O) groups is 1. The first-order chi connectivity index (χ1) is 12.1. The van der Waals surface area contributed by atoms with Gasteiger partial charge < -0.3 is 19.5 Å². The van der Waals surface area contributed by atoms with Crippen molar-refractivity contribution in [1.82, 2.24) is 5.32 Å². The molecule has 0 aliphatic carbocycles. The van der Waals surface area contributed by atoms with Crippen LogP contribution in [0.4, 0.5) is 0 Å². The van der Waals surface area contributed by atoms with Crippen LogP contribution in [0.1, 0.15) is 42.2 Å². The summed E-state index contributed by atoms with van der Waals surface area (Å²) in [7, 11) is 3.18. The van der Waals surface area contributed by atoms with Crippen molar-refractivity contribution in [1.29, 1.82) is 0 Å². The van der Waals surface area contributed by atoms with Crippen LogP contribution in [0, 0.1) is 0 Å². The monoisotopic (exact) mass is 343 g/mol. The molecular weight excluding hydrogens is 318 g/mol. The van der Waals surface area contributed by atoms with E-state index in [4.69, 9.17) is 14.2 Å². The molecule has 1 amide bonds. The number of carbonyl (C=O) groups excluding carboxylic acids is 1. The number of rotatable bonds is 8. The molecule has 0 aromatic heterocycles. The summed E-state index contributed by atoms with van der Waals surface area (Å²) in [5, 5.41) is 2.99. The van der Waals surface area contributed by atoms with Crippen molar-refractivity contribution < 1.29 is 19.0 Å². The lowest BCUT2D eigenvalue weighted by molar-refractivity contribution is 0.0940. The van der Waals surface area contributed by atoms with E-state index in [1.807, 2.05) is 37.3 Å². The van der Waals surface area contributed by atoms with E-state index in [9.17, 15) is 4.79 Å². The van der Waals surface area contributed by atoms with Gasteiger partial charge in [0.2, 0.25) is 0 Å². The molecule has 2 aromatic carbocycles. The van der Waals surface area contributed by atoms with Gasteiger partial charge in [0.1, 0.15) is 5.75 Å². The highest BCUT2D eigenvalue weighted by Gasteiger charge is 2.14. The summed E-state index contributed by atoms with van der Waals surface area (Å²) in [6.07, 6.45) is 0.949. The Labute approximate surface area is 148 Å². The molecule has 0 radical (unpaired) electrons. The van der Waals surface area contributed by atoms with Gasteiger partial charge in [-0.05, 0) is 55.3 Å². The number of ether oxygens (including phenoxy) is 3. The summed E-state index contributed by atoms with van der Waals surface area (Å²) in [6.45, 7) is 4.65. The highest BCUT2D eigenvalue weighted by molar-refractivity contribution is 5.94. The first-order valence-corrected chi connectivity index (χ1v) is 8.34. The standard InChI is InChI=1S/C20H25NO4/c1-5-12-25-17-9-6-15(7-10-17)20(22)21-14(2)16-8-11-18(23-3)19(13-16)24-4/h6-11,13-14H,5,12H2,1-4H3,(H,21,22)/t14-/m0/s1. The predicted octanol–water partition coefficient (Wildman–Crippen LogP) is 3.98. The second-order valence-corrected chi connectivity index (χ2v) is 5.68. The van der Waals surface area contributed by atoms with Crippen LogP contribution >= 0.6 is 0 Å². The largest absolute Gasteiger partial charge is 0.494 e. The van der Waals surface area contributed by atoms with Crippen molar-refractivity contribution >= 4 is 5.91 Å². The zero-order valence-electron chi connectivity index (χ0n) is 15.2. The van der Waals surface area contributed by atoms with Gasteiger partial charge in [-0.25, -0.2) is 0 Å². The molecule has 2 aromatic rings. The highest BCUT2D eigenvalue weighted by Crippen LogP contribution is 2.30. The third-order valence-corrected chi connectivity index (χ3v) is 3.84. The van der Waals surface area contributed by atoms with Gasteiger partial charge in [0.05, 0.1) is 26.9 Å². The van der Waals surface area contributed by atoms with E-state index in [0.717, 1.165) is 17.7 Å². The van der Waals surface area contributed by atoms with Crippen LogP contribution in [0.5, 0.6) is 17.2 Å². The first-order valence-electron chi connectivity index (χ1n) is 8.34. The van der Waals surface area contributed by atoms with Crippen molar-refractivity contribution in [2.24, 2.45) is 0 Å². The molecule has 2 rings (SSSR count). The van der Waals surface area contributed by atoms with Crippen LogP contribution in [0.15, 0.2) is 42.5 Å². The second-order valence-electron chi connectivity index (χ2n) is 5.68. The first kappa shape index (κ1) is 18.6. The zero-order valence-corrected chi connectivity index (χ0v) is 15.2. The summed E-state index contributed by atoms with van der Waals surface area (Å²) in [6, 6.07) is 12.6. The van der Waals surface area contributed by atoms with E-state index in [0.29, 0.717) is 23.7 Å². The topological polar surface area (TPSA) is 56.8 Å². The lowest BCUT2D eigenvalue weighted by atomic mass is 10.1. The Balaban J connectivity index is 2.04. The Bertz CT molecular complexity index is 697. The van der Waals surface area contributed by atoms with Crippen molar-refractivity contribution in [3.8, 4) is 17.2 Å². The van der Waals surface area contributed by atoms with Crippen LogP contribution < -0.4 is 19.5 Å². The average Bonchev–Trinajstić information content (AvgIpc) is 2.65. The number of hydrogen-bond acceptors (Lipinski definition) is 4. The van der Waals surface area contributed by atoms with Gasteiger partial charge in [-0.3, -0.25) is 4.79 Å². The maximum atomic E-state index is 12.4. The molecular formula is C20H25NO4. The van der Waals surface area contributed by atoms with Crippen molar-refractivity contribution in [2.75, 3.05) is 20.8 Å². The molecule has 0 fully saturated rings. The molecule has 25 heavy (non-hydrogen) atoms. The van der Waals surface area contributed by atoms with Crippen molar-refractivity contribution in [3.05, 3.63) is 53.6 Å². The van der Waals surface area contributed by atoms with E-state index in [2.05, 4.69) is 12.2 Å². The maximum Gasteiger partial charge on any atom is 0.251 e. The minimum Gasteiger partial charge on any atom is -0.494 e. The fourth-order valence-electron chi connectivity index (χ4n) is 2.41. The van der Waals surface area contributed by atoms with Crippen molar-refractivity contribution in [3.63, 3.8) is 0 Å². The molecule has 0 heterocycles. The quantitative estimate of drug-likeness (QED) is 0.787. The minimum absolute atomic E-state index is 0.135. The number of benzene rings is 2. The number of methoxy groups -OCH3 is 2. The van der Waals surface area contributed by atoms with Gasteiger partial charge >= 0.3 is 0 Å². The number of hydrogen-bond donors (Lipinski definition) is 1. The fourth-order valence-corrected chi connectivity index (χ4v) is 2.41. The van der Waals surface area contributed by atoms with Crippen LogP contribution in [0.3, 0.4) is 0 Å². The maximum absolute atomic E-state index is 12.4. The van der Waals surface area contributed by atoms with Crippen LogP contribution in [-0.4, -0.2) is 26.7 Å². The molecule has 0 saturated heterocycles. The molecule has 0 aliphatic rings. The normalized spacial score (nSPS) is 11.5. The van der Waals surface area contributed by atoms with Gasteiger partial charge in [0, 0.05) is 5.56 Å². The Morgan fingerprint density at radius 2 is 1.72 bits per heavy atom. The molecule has 0 bridgehead atoms. The molecule has 0 aliphatic heterocycles. The van der Waals surface area contributed by atoms with Gasteiger partial charge in [-0.1, -0.05) is 13.0 Å². The second kappa shape index (κ2) is 8.97. The van der Waals surface area contributed by atoms with Gasteiger partial charge in [-0.2, -0.15) is 0 Å². The van der Waals surface area contributed by atoms with E-state index >= 15 is 0 Å². The van der Waals surface area contributed by atoms with Gasteiger partial charge in [-0.15, -0.1) is 0 Å². The Morgan fingerprint density at radius 3 is 2.32 bits per heavy atom. The Morgan fingerprint density at radius 1 is 1.04 bits per heavy atom. The Kier molecular flexibility index (Phi) is 6.69. The Hall–Kier alpha value is -2.69. The molecule has 1 atom stereocenters. The predicted molar refractivity (Wildman–Crippen MR) is 97.7 cm³/mol. The molecule has 0 unspecified atom stereocenters. The third-order valence-electron chi connectivity index (χ3n) is 3.84. The average molecular weight is 343 g/mol.